The number of pyridine rings is 1. The molecule has 5 heteroatoms. The van der Waals surface area contributed by atoms with Crippen molar-refractivity contribution in [2.75, 3.05) is 38.0 Å². The molecule has 0 radical (unpaired) electrons. The lowest BCUT2D eigenvalue weighted by molar-refractivity contribution is 0.0637. The highest BCUT2D eigenvalue weighted by Crippen LogP contribution is 2.22. The molecule has 2 fully saturated rings. The fraction of sp³-hybridized carbons (Fsp3) is 0.647. The summed E-state index contributed by atoms with van der Waals surface area (Å²) in [7, 11) is 0. The van der Waals surface area contributed by atoms with Crippen molar-refractivity contribution >= 4 is 11.6 Å². The Kier molecular flexibility index (Phi) is 4.93. The lowest BCUT2D eigenvalue weighted by Gasteiger charge is -2.33. The van der Waals surface area contributed by atoms with Gasteiger partial charge in [0, 0.05) is 44.1 Å². The number of hydrogen-bond donors (Lipinski definition) is 1. The van der Waals surface area contributed by atoms with E-state index in [-0.39, 0.29) is 5.91 Å². The van der Waals surface area contributed by atoms with Crippen molar-refractivity contribution in [3.8, 4) is 0 Å². The molecule has 0 aromatic carbocycles. The maximum absolute atomic E-state index is 12.6. The molecule has 1 amide bonds. The smallest absolute Gasteiger partial charge is 0.272 e. The van der Waals surface area contributed by atoms with Crippen LogP contribution in [-0.4, -0.2) is 59.5 Å². The van der Waals surface area contributed by atoms with E-state index in [0.717, 1.165) is 38.4 Å². The van der Waals surface area contributed by atoms with E-state index in [1.165, 1.54) is 25.7 Å². The van der Waals surface area contributed by atoms with Gasteiger partial charge in [-0.15, -0.1) is 0 Å². The first-order valence-electron chi connectivity index (χ1n) is 8.50. The summed E-state index contributed by atoms with van der Waals surface area (Å²) in [6.07, 6.45) is 6.80. The molecule has 22 heavy (non-hydrogen) atoms. The van der Waals surface area contributed by atoms with Crippen LogP contribution < -0.4 is 5.32 Å². The SMILES string of the molecule is CCN1CCN(C(=O)c2cc(NC3CCCC3)ccn2)CC1. The molecule has 120 valence electrons. The third-order valence-corrected chi connectivity index (χ3v) is 4.81. The maximum atomic E-state index is 12.6. The molecular weight excluding hydrogens is 276 g/mol. The Bertz CT molecular complexity index is 505. The molecule has 1 aliphatic carbocycles. The first kappa shape index (κ1) is 15.3. The summed E-state index contributed by atoms with van der Waals surface area (Å²) in [5.41, 5.74) is 1.59. The predicted molar refractivity (Wildman–Crippen MR) is 88.1 cm³/mol. The number of piperazine rings is 1. The van der Waals surface area contributed by atoms with Crippen molar-refractivity contribution in [2.45, 2.75) is 38.6 Å². The third-order valence-electron chi connectivity index (χ3n) is 4.81. The van der Waals surface area contributed by atoms with Crippen molar-refractivity contribution in [1.82, 2.24) is 14.8 Å². The van der Waals surface area contributed by atoms with Crippen LogP contribution in [0, 0.1) is 0 Å². The number of carbonyl (C=O) groups excluding carboxylic acids is 1. The van der Waals surface area contributed by atoms with Gasteiger partial charge in [0.25, 0.3) is 5.91 Å². The Balaban J connectivity index is 1.62. The summed E-state index contributed by atoms with van der Waals surface area (Å²) in [4.78, 5) is 21.2. The number of nitrogens with zero attached hydrogens (tertiary/aromatic N) is 3. The predicted octanol–water partition coefficient (Wildman–Crippen LogP) is 2.21. The Hall–Kier alpha value is -1.62. The van der Waals surface area contributed by atoms with Gasteiger partial charge in [-0.25, -0.2) is 0 Å². The average molecular weight is 302 g/mol. The van der Waals surface area contributed by atoms with Crippen LogP contribution in [0.1, 0.15) is 43.1 Å². The third kappa shape index (κ3) is 3.58. The van der Waals surface area contributed by atoms with Crippen molar-refractivity contribution in [3.05, 3.63) is 24.0 Å². The molecule has 2 aliphatic rings. The van der Waals surface area contributed by atoms with Crippen LogP contribution in [0.3, 0.4) is 0 Å². The standard InChI is InChI=1S/C17H26N4O/c1-2-20-9-11-21(12-10-20)17(22)16-13-15(7-8-18-16)19-14-5-3-4-6-14/h7-8,13-14H,2-6,9-12H2,1H3,(H,18,19). The number of aromatic nitrogens is 1. The van der Waals surface area contributed by atoms with E-state index in [1.807, 2.05) is 17.0 Å². The van der Waals surface area contributed by atoms with Crippen molar-refractivity contribution in [3.63, 3.8) is 0 Å². The van der Waals surface area contributed by atoms with Gasteiger partial charge >= 0.3 is 0 Å². The maximum Gasteiger partial charge on any atom is 0.272 e. The van der Waals surface area contributed by atoms with Crippen LogP contribution in [-0.2, 0) is 0 Å². The molecule has 5 nitrogen and oxygen atoms in total. The zero-order valence-corrected chi connectivity index (χ0v) is 13.4. The first-order valence-corrected chi connectivity index (χ1v) is 8.50. The normalized spacial score (nSPS) is 20.3. The molecule has 1 saturated carbocycles. The van der Waals surface area contributed by atoms with Gasteiger partial charge in [-0.1, -0.05) is 19.8 Å². The minimum Gasteiger partial charge on any atom is -0.382 e. The van der Waals surface area contributed by atoms with Gasteiger partial charge in [-0.3, -0.25) is 9.78 Å². The van der Waals surface area contributed by atoms with Gasteiger partial charge < -0.3 is 15.1 Å². The molecule has 1 aromatic rings. The minimum absolute atomic E-state index is 0.0609. The van der Waals surface area contributed by atoms with E-state index in [9.17, 15) is 4.79 Å². The molecule has 0 unspecified atom stereocenters. The minimum atomic E-state index is 0.0609. The Morgan fingerprint density at radius 2 is 2.00 bits per heavy atom. The topological polar surface area (TPSA) is 48.5 Å². The summed E-state index contributed by atoms with van der Waals surface area (Å²) in [6, 6.07) is 4.43. The number of carbonyl (C=O) groups is 1. The Labute approximate surface area is 132 Å². The fourth-order valence-electron chi connectivity index (χ4n) is 3.37. The number of hydrogen-bond acceptors (Lipinski definition) is 4. The number of likely N-dealkylation sites (N-methyl/N-ethyl adjacent to an activating group) is 1. The second-order valence-electron chi connectivity index (χ2n) is 6.28. The van der Waals surface area contributed by atoms with Crippen LogP contribution in [0.15, 0.2) is 18.3 Å². The van der Waals surface area contributed by atoms with Crippen molar-refractivity contribution in [2.24, 2.45) is 0 Å². The van der Waals surface area contributed by atoms with Gasteiger partial charge in [-0.2, -0.15) is 0 Å². The summed E-state index contributed by atoms with van der Waals surface area (Å²) in [6.45, 7) is 6.74. The fourth-order valence-corrected chi connectivity index (χ4v) is 3.37. The van der Waals surface area contributed by atoms with E-state index in [1.54, 1.807) is 6.20 Å². The van der Waals surface area contributed by atoms with E-state index in [0.29, 0.717) is 11.7 Å². The lowest BCUT2D eigenvalue weighted by atomic mass is 10.2. The molecule has 0 spiro atoms. The quantitative estimate of drug-likeness (QED) is 0.926. The van der Waals surface area contributed by atoms with Crippen LogP contribution in [0.5, 0.6) is 0 Å². The number of nitrogens with one attached hydrogen (secondary N) is 1. The lowest BCUT2D eigenvalue weighted by Crippen LogP contribution is -2.48. The molecule has 1 aliphatic heterocycles. The summed E-state index contributed by atoms with van der Waals surface area (Å²) in [5.74, 6) is 0.0609. The highest BCUT2D eigenvalue weighted by molar-refractivity contribution is 5.93. The number of anilines is 1. The average Bonchev–Trinajstić information content (AvgIpc) is 3.07. The number of rotatable bonds is 4. The van der Waals surface area contributed by atoms with Crippen LogP contribution in [0.25, 0.3) is 0 Å². The molecular formula is C17H26N4O. The first-order chi connectivity index (χ1) is 10.8. The zero-order chi connectivity index (χ0) is 15.4. The van der Waals surface area contributed by atoms with E-state index < -0.39 is 0 Å². The van der Waals surface area contributed by atoms with Gasteiger partial charge in [0.1, 0.15) is 5.69 Å². The van der Waals surface area contributed by atoms with E-state index in [2.05, 4.69) is 22.1 Å². The molecule has 0 bridgehead atoms. The number of amides is 1. The summed E-state index contributed by atoms with van der Waals surface area (Å²) in [5, 5.41) is 3.54. The van der Waals surface area contributed by atoms with Gasteiger partial charge in [-0.05, 0) is 31.5 Å². The van der Waals surface area contributed by atoms with E-state index in [4.69, 9.17) is 0 Å². The Morgan fingerprint density at radius 3 is 2.68 bits per heavy atom. The molecule has 3 rings (SSSR count). The second kappa shape index (κ2) is 7.09. The monoisotopic (exact) mass is 302 g/mol. The summed E-state index contributed by atoms with van der Waals surface area (Å²) < 4.78 is 0. The molecule has 1 N–H and O–H groups in total. The zero-order valence-electron chi connectivity index (χ0n) is 13.4. The summed E-state index contributed by atoms with van der Waals surface area (Å²) >= 11 is 0. The highest BCUT2D eigenvalue weighted by atomic mass is 16.2. The van der Waals surface area contributed by atoms with Crippen molar-refractivity contribution in [1.29, 1.82) is 0 Å². The second-order valence-corrected chi connectivity index (χ2v) is 6.28. The van der Waals surface area contributed by atoms with E-state index >= 15 is 0 Å². The largest absolute Gasteiger partial charge is 0.382 e. The molecule has 2 heterocycles. The van der Waals surface area contributed by atoms with Gasteiger partial charge in [0.15, 0.2) is 0 Å². The van der Waals surface area contributed by atoms with Crippen LogP contribution in [0.4, 0.5) is 5.69 Å². The molecule has 1 saturated heterocycles. The van der Waals surface area contributed by atoms with Gasteiger partial charge in [0.2, 0.25) is 0 Å². The van der Waals surface area contributed by atoms with Crippen LogP contribution >= 0.6 is 0 Å². The van der Waals surface area contributed by atoms with Crippen molar-refractivity contribution < 1.29 is 4.79 Å². The van der Waals surface area contributed by atoms with Crippen LogP contribution in [0.2, 0.25) is 0 Å². The van der Waals surface area contributed by atoms with Gasteiger partial charge in [0.05, 0.1) is 0 Å². The highest BCUT2D eigenvalue weighted by Gasteiger charge is 2.22. The molecule has 0 atom stereocenters. The molecule has 1 aromatic heterocycles. The Morgan fingerprint density at radius 1 is 1.27 bits per heavy atom.